The highest BCUT2D eigenvalue weighted by molar-refractivity contribution is 5.59. The minimum Gasteiger partial charge on any atom is -0.481 e. The van der Waals surface area contributed by atoms with Gasteiger partial charge in [-0.1, -0.05) is 0 Å². The second-order valence-corrected chi connectivity index (χ2v) is 3.52. The first-order chi connectivity index (χ1) is 8.50. The SMILES string of the molecule is COc1cc(-c2ccc(C(F)(F)F)cn2)ccn1. The Morgan fingerprint density at radius 3 is 2.44 bits per heavy atom. The molecule has 0 aromatic carbocycles. The summed E-state index contributed by atoms with van der Waals surface area (Å²) in [6.45, 7) is 0. The Bertz CT molecular complexity index is 538. The molecule has 0 aliphatic rings. The molecule has 2 aromatic rings. The van der Waals surface area contributed by atoms with Crippen LogP contribution in [0.25, 0.3) is 11.3 Å². The number of methoxy groups -OCH3 is 1. The summed E-state index contributed by atoms with van der Waals surface area (Å²) in [5, 5.41) is 0. The molecule has 6 heteroatoms. The van der Waals surface area contributed by atoms with E-state index in [1.165, 1.54) is 19.4 Å². The zero-order valence-corrected chi connectivity index (χ0v) is 9.40. The van der Waals surface area contributed by atoms with Crippen LogP contribution >= 0.6 is 0 Å². The fourth-order valence-electron chi connectivity index (χ4n) is 1.41. The number of hydrogen-bond acceptors (Lipinski definition) is 3. The maximum absolute atomic E-state index is 12.4. The summed E-state index contributed by atoms with van der Waals surface area (Å²) in [5.74, 6) is 0.384. The van der Waals surface area contributed by atoms with Crippen LogP contribution in [0.2, 0.25) is 0 Å². The second-order valence-electron chi connectivity index (χ2n) is 3.52. The number of alkyl halides is 3. The third-order valence-electron chi connectivity index (χ3n) is 2.33. The molecular formula is C12H9F3N2O. The Kier molecular flexibility index (Phi) is 3.18. The van der Waals surface area contributed by atoms with Crippen molar-refractivity contribution in [2.24, 2.45) is 0 Å². The molecule has 0 amide bonds. The zero-order valence-electron chi connectivity index (χ0n) is 9.40. The molecule has 0 aliphatic heterocycles. The smallest absolute Gasteiger partial charge is 0.417 e. The molecule has 0 saturated heterocycles. The van der Waals surface area contributed by atoms with E-state index in [9.17, 15) is 13.2 Å². The van der Waals surface area contributed by atoms with Crippen molar-refractivity contribution in [2.75, 3.05) is 7.11 Å². The van der Waals surface area contributed by atoms with E-state index in [2.05, 4.69) is 9.97 Å². The van der Waals surface area contributed by atoms with Gasteiger partial charge in [-0.25, -0.2) is 4.98 Å². The third kappa shape index (κ3) is 2.58. The van der Waals surface area contributed by atoms with Gasteiger partial charge < -0.3 is 4.74 Å². The number of nitrogens with zero attached hydrogens (tertiary/aromatic N) is 2. The first-order valence-electron chi connectivity index (χ1n) is 5.04. The van der Waals surface area contributed by atoms with Gasteiger partial charge in [0.1, 0.15) is 0 Å². The Hall–Kier alpha value is -2.11. The number of aromatic nitrogens is 2. The lowest BCUT2D eigenvalue weighted by atomic mass is 10.1. The van der Waals surface area contributed by atoms with Crippen molar-refractivity contribution in [3.8, 4) is 17.1 Å². The summed E-state index contributed by atoms with van der Waals surface area (Å²) in [6, 6.07) is 5.57. The van der Waals surface area contributed by atoms with Crippen LogP contribution in [0.4, 0.5) is 13.2 Å². The highest BCUT2D eigenvalue weighted by Crippen LogP contribution is 2.29. The highest BCUT2D eigenvalue weighted by Gasteiger charge is 2.30. The molecule has 0 unspecified atom stereocenters. The molecule has 2 aromatic heterocycles. The molecule has 0 aliphatic carbocycles. The first kappa shape index (κ1) is 12.3. The van der Waals surface area contributed by atoms with Gasteiger partial charge in [-0.15, -0.1) is 0 Å². The Labute approximate surface area is 101 Å². The summed E-state index contributed by atoms with van der Waals surface area (Å²) in [6.07, 6.45) is -2.06. The molecule has 0 N–H and O–H groups in total. The fourth-order valence-corrected chi connectivity index (χ4v) is 1.41. The van der Waals surface area contributed by atoms with E-state index in [4.69, 9.17) is 4.74 Å². The Morgan fingerprint density at radius 2 is 1.89 bits per heavy atom. The topological polar surface area (TPSA) is 35.0 Å². The minimum absolute atomic E-state index is 0.384. The van der Waals surface area contributed by atoms with Crippen LogP contribution in [0, 0.1) is 0 Å². The molecular weight excluding hydrogens is 245 g/mol. The summed E-state index contributed by atoms with van der Waals surface area (Å²) in [7, 11) is 1.46. The van der Waals surface area contributed by atoms with E-state index >= 15 is 0 Å². The zero-order chi connectivity index (χ0) is 13.2. The fraction of sp³-hybridized carbons (Fsp3) is 0.167. The number of ether oxygens (including phenoxy) is 1. The lowest BCUT2D eigenvalue weighted by molar-refractivity contribution is -0.137. The lowest BCUT2D eigenvalue weighted by Crippen LogP contribution is -2.05. The number of pyridine rings is 2. The molecule has 2 heterocycles. The van der Waals surface area contributed by atoms with Gasteiger partial charge >= 0.3 is 6.18 Å². The van der Waals surface area contributed by atoms with Crippen LogP contribution in [0.3, 0.4) is 0 Å². The third-order valence-corrected chi connectivity index (χ3v) is 2.33. The van der Waals surface area contributed by atoms with Crippen molar-refractivity contribution in [3.05, 3.63) is 42.2 Å². The summed E-state index contributed by atoms with van der Waals surface area (Å²) < 4.78 is 42.0. The quantitative estimate of drug-likeness (QED) is 0.825. The van der Waals surface area contributed by atoms with Gasteiger partial charge in [0.2, 0.25) is 5.88 Å². The molecule has 0 atom stereocenters. The van der Waals surface area contributed by atoms with Crippen molar-refractivity contribution in [1.29, 1.82) is 0 Å². The monoisotopic (exact) mass is 254 g/mol. The second kappa shape index (κ2) is 4.64. The van der Waals surface area contributed by atoms with Gasteiger partial charge in [-0.2, -0.15) is 13.2 Å². The van der Waals surface area contributed by atoms with Crippen molar-refractivity contribution in [1.82, 2.24) is 9.97 Å². The number of hydrogen-bond donors (Lipinski definition) is 0. The number of halogens is 3. The summed E-state index contributed by atoms with van der Waals surface area (Å²) >= 11 is 0. The first-order valence-corrected chi connectivity index (χ1v) is 5.04. The average molecular weight is 254 g/mol. The van der Waals surface area contributed by atoms with Gasteiger partial charge in [0, 0.05) is 24.0 Å². The average Bonchev–Trinajstić information content (AvgIpc) is 2.38. The van der Waals surface area contributed by atoms with E-state index < -0.39 is 11.7 Å². The molecule has 18 heavy (non-hydrogen) atoms. The van der Waals surface area contributed by atoms with Crippen molar-refractivity contribution in [2.45, 2.75) is 6.18 Å². The van der Waals surface area contributed by atoms with Crippen LogP contribution in [-0.2, 0) is 6.18 Å². The molecule has 0 fully saturated rings. The van der Waals surface area contributed by atoms with Gasteiger partial charge in [-0.05, 0) is 18.2 Å². The molecule has 0 bridgehead atoms. The summed E-state index contributed by atoms with van der Waals surface area (Å²) in [5.41, 5.74) is 0.312. The van der Waals surface area contributed by atoms with Crippen LogP contribution < -0.4 is 4.74 Å². The van der Waals surface area contributed by atoms with Gasteiger partial charge in [0.05, 0.1) is 18.4 Å². The van der Waals surface area contributed by atoms with Crippen LogP contribution in [0.5, 0.6) is 5.88 Å². The Balaban J connectivity index is 2.34. The van der Waals surface area contributed by atoms with E-state index in [1.54, 1.807) is 12.1 Å². The largest absolute Gasteiger partial charge is 0.481 e. The standard InChI is InChI=1S/C12H9F3N2O/c1-18-11-6-8(4-5-16-11)10-3-2-9(7-17-10)12(13,14)15/h2-7H,1H3. The molecule has 2 rings (SSSR count). The van der Waals surface area contributed by atoms with Crippen molar-refractivity contribution in [3.63, 3.8) is 0 Å². The van der Waals surface area contributed by atoms with Crippen LogP contribution in [0.15, 0.2) is 36.7 Å². The van der Waals surface area contributed by atoms with E-state index in [0.717, 1.165) is 12.3 Å². The predicted molar refractivity (Wildman–Crippen MR) is 59.0 cm³/mol. The summed E-state index contributed by atoms with van der Waals surface area (Å²) in [4.78, 5) is 7.70. The molecule has 94 valence electrons. The van der Waals surface area contributed by atoms with E-state index in [1.807, 2.05) is 0 Å². The predicted octanol–water partition coefficient (Wildman–Crippen LogP) is 3.17. The molecule has 3 nitrogen and oxygen atoms in total. The van der Waals surface area contributed by atoms with Crippen molar-refractivity contribution < 1.29 is 17.9 Å². The van der Waals surface area contributed by atoms with Gasteiger partial charge in [0.25, 0.3) is 0 Å². The van der Waals surface area contributed by atoms with Gasteiger partial charge in [0.15, 0.2) is 0 Å². The lowest BCUT2D eigenvalue weighted by Gasteiger charge is -2.07. The van der Waals surface area contributed by atoms with Crippen LogP contribution in [0.1, 0.15) is 5.56 Å². The van der Waals surface area contributed by atoms with Crippen molar-refractivity contribution >= 4 is 0 Å². The van der Waals surface area contributed by atoms with Gasteiger partial charge in [-0.3, -0.25) is 4.98 Å². The maximum Gasteiger partial charge on any atom is 0.417 e. The highest BCUT2D eigenvalue weighted by atomic mass is 19.4. The van der Waals surface area contributed by atoms with E-state index in [-0.39, 0.29) is 0 Å². The molecule has 0 saturated carbocycles. The Morgan fingerprint density at radius 1 is 1.11 bits per heavy atom. The number of rotatable bonds is 2. The van der Waals surface area contributed by atoms with Crippen LogP contribution in [-0.4, -0.2) is 17.1 Å². The van der Waals surface area contributed by atoms with E-state index in [0.29, 0.717) is 17.1 Å². The normalized spacial score (nSPS) is 11.3. The minimum atomic E-state index is -4.37. The molecule has 0 radical (unpaired) electrons. The molecule has 0 spiro atoms. The maximum atomic E-state index is 12.4.